The van der Waals surface area contributed by atoms with E-state index in [1.54, 1.807) is 26.8 Å². The lowest BCUT2D eigenvalue weighted by Gasteiger charge is -2.20. The summed E-state index contributed by atoms with van der Waals surface area (Å²) in [7, 11) is 0. The lowest BCUT2D eigenvalue weighted by atomic mass is 10.1. The number of carbonyl (C=O) groups excluding carboxylic acids is 1. The summed E-state index contributed by atoms with van der Waals surface area (Å²) in [6.07, 6.45) is -0.644. The summed E-state index contributed by atoms with van der Waals surface area (Å²) in [5, 5.41) is 16.0. The second kappa shape index (κ2) is 5.35. The Morgan fingerprint density at radius 3 is 2.62 bits per heavy atom. The van der Waals surface area contributed by atoms with Crippen molar-refractivity contribution in [2.75, 3.05) is 11.1 Å². The molecule has 0 unspecified atom stereocenters. The minimum Gasteiger partial charge on any atom is -0.506 e. The van der Waals surface area contributed by atoms with Gasteiger partial charge in [-0.05, 0) is 39.0 Å². The molecule has 1 amide bonds. The second-order valence-corrected chi connectivity index (χ2v) is 5.47. The van der Waals surface area contributed by atoms with Crippen LogP contribution in [-0.2, 0) is 4.74 Å². The van der Waals surface area contributed by atoms with Crippen LogP contribution in [0.25, 0.3) is 11.3 Å². The van der Waals surface area contributed by atoms with Gasteiger partial charge < -0.3 is 20.1 Å². The molecule has 21 heavy (non-hydrogen) atoms. The highest BCUT2D eigenvalue weighted by Gasteiger charge is 2.17. The van der Waals surface area contributed by atoms with Gasteiger partial charge >= 0.3 is 6.09 Å². The molecule has 7 heteroatoms. The fraction of sp³-hybridized carbons (Fsp3) is 0.286. The Bertz CT molecular complexity index is 658. The normalized spacial score (nSPS) is 11.2. The molecule has 2 rings (SSSR count). The third kappa shape index (κ3) is 3.88. The number of carbonyl (C=O) groups is 1. The van der Waals surface area contributed by atoms with Gasteiger partial charge in [0.05, 0.1) is 5.69 Å². The van der Waals surface area contributed by atoms with Crippen molar-refractivity contribution in [2.24, 2.45) is 0 Å². The summed E-state index contributed by atoms with van der Waals surface area (Å²) in [5.41, 5.74) is 5.68. The molecule has 2 aromatic rings. The van der Waals surface area contributed by atoms with Crippen molar-refractivity contribution >= 4 is 17.6 Å². The number of anilines is 2. The number of phenolic OH excluding ortho intramolecular Hbond substituents is 1. The van der Waals surface area contributed by atoms with Gasteiger partial charge in [-0.1, -0.05) is 5.16 Å². The van der Waals surface area contributed by atoms with Crippen molar-refractivity contribution in [3.63, 3.8) is 0 Å². The van der Waals surface area contributed by atoms with Crippen molar-refractivity contribution in [1.29, 1.82) is 0 Å². The summed E-state index contributed by atoms with van der Waals surface area (Å²) in [6, 6.07) is 6.17. The molecular weight excluding hydrogens is 274 g/mol. The van der Waals surface area contributed by atoms with Gasteiger partial charge in [0.2, 0.25) is 0 Å². The molecule has 7 nitrogen and oxygen atoms in total. The van der Waals surface area contributed by atoms with E-state index in [9.17, 15) is 9.90 Å². The minimum atomic E-state index is -0.644. The zero-order chi connectivity index (χ0) is 15.6. The highest BCUT2D eigenvalue weighted by atomic mass is 16.6. The van der Waals surface area contributed by atoms with E-state index in [1.165, 1.54) is 18.2 Å². The molecule has 0 atom stereocenters. The highest BCUT2D eigenvalue weighted by molar-refractivity contribution is 5.87. The average Bonchev–Trinajstić information content (AvgIpc) is 2.76. The van der Waals surface area contributed by atoms with Crippen LogP contribution in [0.4, 0.5) is 16.3 Å². The van der Waals surface area contributed by atoms with Gasteiger partial charge in [-0.15, -0.1) is 0 Å². The first-order valence-electron chi connectivity index (χ1n) is 6.30. The minimum absolute atomic E-state index is 0.117. The predicted molar refractivity (Wildman–Crippen MR) is 77.9 cm³/mol. The van der Waals surface area contributed by atoms with Gasteiger partial charge in [0.15, 0.2) is 11.6 Å². The van der Waals surface area contributed by atoms with E-state index >= 15 is 0 Å². The van der Waals surface area contributed by atoms with Gasteiger partial charge in [0.1, 0.15) is 11.4 Å². The number of nitrogen functional groups attached to an aromatic ring is 1. The molecule has 1 aromatic carbocycles. The molecule has 0 saturated carbocycles. The number of hydrogen-bond acceptors (Lipinski definition) is 6. The number of nitrogens with two attached hydrogens (primary N) is 1. The number of aromatic nitrogens is 1. The molecule has 0 aliphatic rings. The van der Waals surface area contributed by atoms with Crippen molar-refractivity contribution in [2.45, 2.75) is 26.4 Å². The van der Waals surface area contributed by atoms with Crippen molar-refractivity contribution in [3.8, 4) is 17.1 Å². The number of nitrogens with one attached hydrogen (secondary N) is 1. The van der Waals surface area contributed by atoms with E-state index in [-0.39, 0.29) is 17.3 Å². The molecule has 0 spiro atoms. The predicted octanol–water partition coefficient (Wildman–Crippen LogP) is 2.98. The molecular formula is C14H17N3O4. The van der Waals surface area contributed by atoms with Gasteiger partial charge in [-0.3, -0.25) is 5.32 Å². The summed E-state index contributed by atoms with van der Waals surface area (Å²) < 4.78 is 10.1. The maximum absolute atomic E-state index is 11.6. The van der Waals surface area contributed by atoms with Crippen LogP contribution < -0.4 is 11.1 Å². The molecule has 0 aliphatic carbocycles. The molecule has 0 aliphatic heterocycles. The molecule has 1 aromatic heterocycles. The summed E-state index contributed by atoms with van der Waals surface area (Å²) in [4.78, 5) is 11.6. The molecule has 0 fully saturated rings. The van der Waals surface area contributed by atoms with Crippen LogP contribution in [0.5, 0.6) is 5.75 Å². The standard InChI is InChI=1S/C14H17N3O4/c1-14(2,3)20-13(19)16-9-5-4-8(6-10(9)18)11-7-12(15)17-21-11/h4-7,18H,1-3H3,(H2,15,17)(H,16,19). The van der Waals surface area contributed by atoms with E-state index in [4.69, 9.17) is 15.0 Å². The first-order valence-corrected chi connectivity index (χ1v) is 6.30. The third-order valence-corrected chi connectivity index (χ3v) is 2.45. The maximum atomic E-state index is 11.6. The van der Waals surface area contributed by atoms with Crippen LogP contribution in [0.3, 0.4) is 0 Å². The molecule has 1 heterocycles. The van der Waals surface area contributed by atoms with Crippen LogP contribution in [-0.4, -0.2) is 22.0 Å². The fourth-order valence-electron chi connectivity index (χ4n) is 1.63. The molecule has 0 bridgehead atoms. The zero-order valence-electron chi connectivity index (χ0n) is 12.0. The van der Waals surface area contributed by atoms with E-state index in [0.29, 0.717) is 11.3 Å². The monoisotopic (exact) mass is 291 g/mol. The topological polar surface area (TPSA) is 111 Å². The number of aromatic hydroxyl groups is 1. The second-order valence-electron chi connectivity index (χ2n) is 5.47. The van der Waals surface area contributed by atoms with E-state index < -0.39 is 11.7 Å². The van der Waals surface area contributed by atoms with Gasteiger partial charge in [0.25, 0.3) is 0 Å². The van der Waals surface area contributed by atoms with Crippen LogP contribution in [0.15, 0.2) is 28.8 Å². The smallest absolute Gasteiger partial charge is 0.412 e. The quantitative estimate of drug-likeness (QED) is 0.733. The van der Waals surface area contributed by atoms with Crippen molar-refractivity contribution < 1.29 is 19.2 Å². The Kier molecular flexibility index (Phi) is 3.75. The Labute approximate surface area is 121 Å². The van der Waals surface area contributed by atoms with Gasteiger partial charge in [-0.2, -0.15) is 0 Å². The van der Waals surface area contributed by atoms with Crippen molar-refractivity contribution in [3.05, 3.63) is 24.3 Å². The van der Waals surface area contributed by atoms with E-state index in [0.717, 1.165) is 0 Å². The van der Waals surface area contributed by atoms with Crippen molar-refractivity contribution in [1.82, 2.24) is 5.16 Å². The number of phenols is 1. The molecule has 0 radical (unpaired) electrons. The third-order valence-electron chi connectivity index (χ3n) is 2.45. The highest BCUT2D eigenvalue weighted by Crippen LogP contribution is 2.30. The number of nitrogens with zero attached hydrogens (tertiary/aromatic N) is 1. The lowest BCUT2D eigenvalue weighted by Crippen LogP contribution is -2.27. The first kappa shape index (κ1) is 14.7. The van der Waals surface area contributed by atoms with Gasteiger partial charge in [-0.25, -0.2) is 4.79 Å². The van der Waals surface area contributed by atoms with Crippen LogP contribution in [0.1, 0.15) is 20.8 Å². The van der Waals surface area contributed by atoms with Crippen LogP contribution in [0.2, 0.25) is 0 Å². The summed E-state index contributed by atoms with van der Waals surface area (Å²) in [5.74, 6) is 0.556. The number of amides is 1. The first-order chi connectivity index (χ1) is 9.74. The van der Waals surface area contributed by atoms with Gasteiger partial charge in [0, 0.05) is 11.6 Å². The maximum Gasteiger partial charge on any atom is 0.412 e. The Morgan fingerprint density at radius 1 is 1.38 bits per heavy atom. The Morgan fingerprint density at radius 2 is 2.10 bits per heavy atom. The summed E-state index contributed by atoms with van der Waals surface area (Å²) in [6.45, 7) is 5.26. The SMILES string of the molecule is CC(C)(C)OC(=O)Nc1ccc(-c2cc(N)no2)cc1O. The number of benzene rings is 1. The Balaban J connectivity index is 2.15. The molecule has 0 saturated heterocycles. The van der Waals surface area contributed by atoms with E-state index in [1.807, 2.05) is 0 Å². The summed E-state index contributed by atoms with van der Waals surface area (Å²) >= 11 is 0. The molecule has 4 N–H and O–H groups in total. The number of hydrogen-bond donors (Lipinski definition) is 3. The Hall–Kier alpha value is -2.70. The zero-order valence-corrected chi connectivity index (χ0v) is 12.0. The van der Waals surface area contributed by atoms with Crippen LogP contribution in [0, 0.1) is 0 Å². The largest absolute Gasteiger partial charge is 0.506 e. The lowest BCUT2D eigenvalue weighted by molar-refractivity contribution is 0.0635. The fourth-order valence-corrected chi connectivity index (χ4v) is 1.63. The number of rotatable bonds is 2. The molecule has 112 valence electrons. The average molecular weight is 291 g/mol. The number of ether oxygens (including phenoxy) is 1. The van der Waals surface area contributed by atoms with E-state index in [2.05, 4.69) is 10.5 Å². The van der Waals surface area contributed by atoms with Crippen LogP contribution >= 0.6 is 0 Å².